The zero-order valence-corrected chi connectivity index (χ0v) is 9.54. The topological polar surface area (TPSA) is 18.5 Å². The molecule has 0 aliphatic carbocycles. The maximum absolute atomic E-state index is 5.42. The largest absolute Gasteiger partial charge is 0.335 e. The fourth-order valence-corrected chi connectivity index (χ4v) is 2.50. The van der Waals surface area contributed by atoms with Crippen LogP contribution in [-0.2, 0) is 9.47 Å². The summed E-state index contributed by atoms with van der Waals surface area (Å²) in [7, 11) is 0. The number of hydrogen-bond donors (Lipinski definition) is 0. The number of alkyl halides is 2. The van der Waals surface area contributed by atoms with Gasteiger partial charge in [-0.1, -0.05) is 0 Å². The molecule has 3 unspecified atom stereocenters. The molecule has 0 bridgehead atoms. The second-order valence-corrected chi connectivity index (χ2v) is 5.31. The van der Waals surface area contributed by atoms with Crippen molar-refractivity contribution in [3.63, 3.8) is 0 Å². The summed E-state index contributed by atoms with van der Waals surface area (Å²) in [4.78, 5) is 0. The third-order valence-corrected chi connectivity index (χ3v) is 2.86. The van der Waals surface area contributed by atoms with Gasteiger partial charge in [-0.2, -0.15) is 0 Å². The second-order valence-electron chi connectivity index (χ2n) is 2.13. The van der Waals surface area contributed by atoms with E-state index in [1.165, 1.54) is 0 Å². The Bertz CT molecular complexity index is 104. The van der Waals surface area contributed by atoms with Crippen molar-refractivity contribution in [2.24, 2.45) is 0 Å². The average molecular weight is 354 g/mol. The van der Waals surface area contributed by atoms with Crippen LogP contribution in [0.25, 0.3) is 0 Å². The van der Waals surface area contributed by atoms with E-state index in [2.05, 4.69) is 45.2 Å². The Kier molecular flexibility index (Phi) is 2.62. The van der Waals surface area contributed by atoms with Gasteiger partial charge >= 0.3 is 0 Å². The first-order valence-corrected chi connectivity index (χ1v) is 5.02. The molecule has 1 heterocycles. The fourth-order valence-electron chi connectivity index (χ4n) is 0.710. The van der Waals surface area contributed by atoms with E-state index >= 15 is 0 Å². The first-order valence-electron chi connectivity index (χ1n) is 2.70. The molecule has 0 saturated carbocycles. The van der Waals surface area contributed by atoms with Crippen molar-refractivity contribution >= 4 is 45.2 Å². The molecule has 0 N–H and O–H groups in total. The highest BCUT2D eigenvalue weighted by atomic mass is 127. The van der Waals surface area contributed by atoms with Gasteiger partial charge in [0.25, 0.3) is 0 Å². The summed E-state index contributed by atoms with van der Waals surface area (Å²) < 4.78 is 10.6. The van der Waals surface area contributed by atoms with Gasteiger partial charge in [0.15, 0.2) is 0 Å². The molecule has 0 aromatic rings. The minimum Gasteiger partial charge on any atom is -0.335 e. The Balaban J connectivity index is 2.54. The van der Waals surface area contributed by atoms with Crippen molar-refractivity contribution < 1.29 is 9.47 Å². The van der Waals surface area contributed by atoms with E-state index in [-0.39, 0.29) is 10.2 Å². The van der Waals surface area contributed by atoms with E-state index in [0.29, 0.717) is 0 Å². The zero-order chi connectivity index (χ0) is 7.07. The van der Waals surface area contributed by atoms with Crippen molar-refractivity contribution in [2.75, 3.05) is 0 Å². The van der Waals surface area contributed by atoms with Gasteiger partial charge in [0.1, 0.15) is 4.11 Å². The van der Waals surface area contributed by atoms with Gasteiger partial charge < -0.3 is 9.47 Å². The van der Waals surface area contributed by atoms with Crippen LogP contribution < -0.4 is 0 Å². The minimum atomic E-state index is -0.400. The predicted molar refractivity (Wildman–Crippen MR) is 51.9 cm³/mol. The molecular weight excluding hydrogens is 346 g/mol. The van der Waals surface area contributed by atoms with Crippen molar-refractivity contribution in [3.8, 4) is 0 Å². The molecular formula is C5H8I2O2. The lowest BCUT2D eigenvalue weighted by atomic mass is 10.5. The van der Waals surface area contributed by atoms with Gasteiger partial charge in [-0.15, -0.1) is 0 Å². The molecule has 1 fully saturated rings. The van der Waals surface area contributed by atoms with Gasteiger partial charge in [0.2, 0.25) is 3.79 Å². The summed E-state index contributed by atoms with van der Waals surface area (Å²) in [6.07, 6.45) is 0.215. The van der Waals surface area contributed by atoms with Gasteiger partial charge in [-0.05, 0) is 59.0 Å². The lowest BCUT2D eigenvalue weighted by Crippen LogP contribution is -2.15. The van der Waals surface area contributed by atoms with E-state index in [1.807, 2.05) is 13.8 Å². The van der Waals surface area contributed by atoms with E-state index < -0.39 is 3.79 Å². The van der Waals surface area contributed by atoms with Crippen LogP contribution in [-0.4, -0.2) is 14.0 Å². The molecule has 2 nitrogen and oxygen atoms in total. The molecule has 9 heavy (non-hydrogen) atoms. The lowest BCUT2D eigenvalue weighted by Gasteiger charge is -2.12. The molecule has 0 aromatic heterocycles. The monoisotopic (exact) mass is 354 g/mol. The molecule has 0 amide bonds. The van der Waals surface area contributed by atoms with Crippen LogP contribution >= 0.6 is 45.2 Å². The Labute approximate surface area is 81.9 Å². The molecule has 0 spiro atoms. The summed E-state index contributed by atoms with van der Waals surface area (Å²) in [6, 6.07) is 0. The summed E-state index contributed by atoms with van der Waals surface area (Å²) in [5.41, 5.74) is 0. The van der Waals surface area contributed by atoms with Gasteiger partial charge in [-0.3, -0.25) is 0 Å². The normalized spacial score (nSPS) is 52.0. The molecule has 3 atom stereocenters. The van der Waals surface area contributed by atoms with Crippen LogP contribution in [0.5, 0.6) is 0 Å². The summed E-state index contributed by atoms with van der Waals surface area (Å²) >= 11 is 4.38. The highest BCUT2D eigenvalue weighted by molar-refractivity contribution is 14.1. The van der Waals surface area contributed by atoms with Gasteiger partial charge in [-0.25, -0.2) is 0 Å². The van der Waals surface area contributed by atoms with Gasteiger partial charge in [0.05, 0.1) is 6.10 Å². The van der Waals surface area contributed by atoms with Crippen LogP contribution in [0.4, 0.5) is 0 Å². The number of hydrogen-bond acceptors (Lipinski definition) is 2. The zero-order valence-electron chi connectivity index (χ0n) is 5.23. The first kappa shape index (κ1) is 8.48. The first-order chi connectivity index (χ1) is 4.01. The highest BCUT2D eigenvalue weighted by Crippen LogP contribution is 2.36. The maximum Gasteiger partial charge on any atom is 0.219 e. The average Bonchev–Trinajstić information content (AvgIpc) is 1.79. The van der Waals surface area contributed by atoms with Crippen molar-refractivity contribution in [1.29, 1.82) is 0 Å². The Morgan fingerprint density at radius 3 is 2.11 bits per heavy atom. The fraction of sp³-hybridized carbons (Fsp3) is 1.00. The molecule has 1 aliphatic heterocycles. The Hall–Kier alpha value is 1.38. The summed E-state index contributed by atoms with van der Waals surface area (Å²) in [6.45, 7) is 3.93. The van der Waals surface area contributed by atoms with E-state index in [9.17, 15) is 0 Å². The third-order valence-electron chi connectivity index (χ3n) is 1.09. The van der Waals surface area contributed by atoms with Crippen LogP contribution in [0.15, 0.2) is 0 Å². The summed E-state index contributed by atoms with van der Waals surface area (Å²) in [5.74, 6) is 0. The molecule has 54 valence electrons. The number of halogens is 2. The minimum absolute atomic E-state index is 0.199. The van der Waals surface area contributed by atoms with Crippen LogP contribution in [0.3, 0.4) is 0 Å². The molecule has 1 aliphatic rings. The second kappa shape index (κ2) is 2.78. The number of rotatable bonds is 0. The molecule has 1 rings (SSSR count). The van der Waals surface area contributed by atoms with Crippen LogP contribution in [0, 0.1) is 0 Å². The lowest BCUT2D eigenvalue weighted by molar-refractivity contribution is -0.0571. The van der Waals surface area contributed by atoms with E-state index in [1.54, 1.807) is 0 Å². The molecule has 4 heteroatoms. The highest BCUT2D eigenvalue weighted by Gasteiger charge is 2.38. The smallest absolute Gasteiger partial charge is 0.219 e. The van der Waals surface area contributed by atoms with Crippen molar-refractivity contribution in [3.05, 3.63) is 0 Å². The molecule has 0 radical (unpaired) electrons. The van der Waals surface area contributed by atoms with E-state index in [0.717, 1.165) is 0 Å². The number of ether oxygens (including phenoxy) is 2. The van der Waals surface area contributed by atoms with Crippen LogP contribution in [0.1, 0.15) is 13.8 Å². The van der Waals surface area contributed by atoms with Gasteiger partial charge in [0, 0.05) is 0 Å². The molecule has 1 saturated heterocycles. The SMILES string of the molecule is CC1OC(C)(I)OC1I. The Morgan fingerprint density at radius 1 is 1.44 bits per heavy atom. The molecule has 0 aromatic carbocycles. The quantitative estimate of drug-likeness (QED) is 0.491. The standard InChI is InChI=1S/C5H8I2O2/c1-3-4(6)9-5(2,7)8-3/h3-4H,1-2H3. The maximum atomic E-state index is 5.42. The van der Waals surface area contributed by atoms with E-state index in [4.69, 9.17) is 9.47 Å². The van der Waals surface area contributed by atoms with Crippen molar-refractivity contribution in [2.45, 2.75) is 27.9 Å². The third kappa shape index (κ3) is 2.16. The van der Waals surface area contributed by atoms with Crippen molar-refractivity contribution in [1.82, 2.24) is 0 Å². The Morgan fingerprint density at radius 2 is 2.00 bits per heavy atom. The predicted octanol–water partition coefficient (Wildman–Crippen LogP) is 2.29. The van der Waals surface area contributed by atoms with Crippen LogP contribution in [0.2, 0.25) is 0 Å². The summed E-state index contributed by atoms with van der Waals surface area (Å²) in [5, 5.41) is 0.